The van der Waals surface area contributed by atoms with E-state index in [2.05, 4.69) is 34.6 Å². The molecule has 2 aliphatic heterocycles. The second-order valence-electron chi connectivity index (χ2n) is 14.5. The van der Waals surface area contributed by atoms with Crippen LogP contribution in [0.2, 0.25) is 0 Å². The number of aliphatic hydroxyl groups excluding tert-OH is 1. The van der Waals surface area contributed by atoms with Crippen LogP contribution in [0.4, 0.5) is 10.5 Å². The van der Waals surface area contributed by atoms with Crippen LogP contribution in [0.1, 0.15) is 87.4 Å². The summed E-state index contributed by atoms with van der Waals surface area (Å²) in [6.07, 6.45) is 9.07. The number of rotatable bonds is 9. The number of ether oxygens (including phenoxy) is 3. The van der Waals surface area contributed by atoms with Crippen LogP contribution in [0, 0.1) is 23.7 Å². The quantitative estimate of drug-likeness (QED) is 0.318. The first kappa shape index (κ1) is 30.2. The van der Waals surface area contributed by atoms with Crippen molar-refractivity contribution in [1.82, 2.24) is 10.2 Å². The molecule has 8 heteroatoms. The van der Waals surface area contributed by atoms with E-state index in [-0.39, 0.29) is 36.3 Å². The minimum absolute atomic E-state index is 0.0176. The van der Waals surface area contributed by atoms with Gasteiger partial charge in [-0.1, -0.05) is 43.3 Å². The molecule has 8 nitrogen and oxygen atoms in total. The molecule has 0 aromatic heterocycles. The van der Waals surface area contributed by atoms with Crippen molar-refractivity contribution < 1.29 is 24.1 Å². The molecule has 3 N–H and O–H groups in total. The Balaban J connectivity index is 1.04. The van der Waals surface area contributed by atoms with Gasteiger partial charge in [0.2, 0.25) is 0 Å². The number of benzene rings is 2. The van der Waals surface area contributed by atoms with E-state index in [4.69, 9.17) is 14.2 Å². The van der Waals surface area contributed by atoms with Crippen molar-refractivity contribution in [2.24, 2.45) is 23.7 Å². The first-order chi connectivity index (χ1) is 21.4. The zero-order valence-corrected chi connectivity index (χ0v) is 26.3. The number of aliphatic hydroxyl groups is 1. The maximum Gasteiger partial charge on any atom is 0.319 e. The number of methoxy groups -OCH3 is 1. The Kier molecular flexibility index (Phi) is 8.72. The van der Waals surface area contributed by atoms with Crippen molar-refractivity contribution in [2.75, 3.05) is 32.1 Å². The van der Waals surface area contributed by atoms with Crippen LogP contribution in [-0.4, -0.2) is 60.5 Å². The fraction of sp³-hybridized carbons (Fsp3) is 0.639. The number of likely N-dealkylation sites (tertiary alicyclic amines) is 1. The number of urea groups is 1. The number of hydrogen-bond donors (Lipinski definition) is 3. The highest BCUT2D eigenvalue weighted by molar-refractivity contribution is 5.89. The van der Waals surface area contributed by atoms with E-state index in [1.165, 1.54) is 25.7 Å². The monoisotopic (exact) mass is 603 g/mol. The molecule has 2 saturated heterocycles. The van der Waals surface area contributed by atoms with Gasteiger partial charge in [-0.25, -0.2) is 4.79 Å². The van der Waals surface area contributed by atoms with Crippen molar-refractivity contribution in [3.8, 4) is 0 Å². The topological polar surface area (TPSA) is 92.3 Å². The standard InChI is InChI=1S/C36H49N3O5/c1-23-32(20-39-13-3-4-31(39)22-42-2)43-34(44-33(23)28-7-5-24(21-40)6-8-28)29-9-11-30(12-10-29)37-35(41)38-36-17-25-14-26(18-36)16-27(15-25)19-36/h5-12,23,25-27,31-34,40H,3-4,13-22H2,1-2H3,(H2,37,38,41)/t23-,25?,26?,27?,31-,32+,33+,34+,36?/m0/s1. The third kappa shape index (κ3) is 6.29. The summed E-state index contributed by atoms with van der Waals surface area (Å²) in [5.74, 6) is 2.49. The van der Waals surface area contributed by atoms with Crippen molar-refractivity contribution in [2.45, 2.75) is 95.0 Å². The predicted molar refractivity (Wildman–Crippen MR) is 169 cm³/mol. The summed E-state index contributed by atoms with van der Waals surface area (Å²) < 4.78 is 18.9. The van der Waals surface area contributed by atoms with Gasteiger partial charge in [-0.05, 0) is 98.9 Å². The summed E-state index contributed by atoms with van der Waals surface area (Å²) in [6, 6.07) is 16.3. The van der Waals surface area contributed by atoms with E-state index >= 15 is 0 Å². The molecule has 2 aromatic carbocycles. The van der Waals surface area contributed by atoms with Gasteiger partial charge in [-0.3, -0.25) is 4.90 Å². The van der Waals surface area contributed by atoms with Gasteiger partial charge < -0.3 is 30.0 Å². The van der Waals surface area contributed by atoms with Gasteiger partial charge in [-0.2, -0.15) is 0 Å². The molecule has 4 aliphatic carbocycles. The van der Waals surface area contributed by atoms with E-state index in [1.54, 1.807) is 7.11 Å². The van der Waals surface area contributed by atoms with Crippen molar-refractivity contribution in [3.05, 3.63) is 65.2 Å². The number of nitrogens with one attached hydrogen (secondary N) is 2. The van der Waals surface area contributed by atoms with Crippen LogP contribution in [-0.2, 0) is 20.8 Å². The summed E-state index contributed by atoms with van der Waals surface area (Å²) in [7, 11) is 1.78. The molecular formula is C36H49N3O5. The normalized spacial score (nSPS) is 36.4. The predicted octanol–water partition coefficient (Wildman–Crippen LogP) is 6.17. The van der Waals surface area contributed by atoms with Gasteiger partial charge in [0.1, 0.15) is 0 Å². The molecule has 8 rings (SSSR count). The minimum Gasteiger partial charge on any atom is -0.392 e. The Morgan fingerprint density at radius 1 is 0.977 bits per heavy atom. The van der Waals surface area contributed by atoms with Gasteiger partial charge in [-0.15, -0.1) is 0 Å². The number of carbonyl (C=O) groups excluding carboxylic acids is 1. The van der Waals surface area contributed by atoms with E-state index in [1.807, 2.05) is 36.4 Å². The van der Waals surface area contributed by atoms with Crippen molar-refractivity contribution in [1.29, 1.82) is 0 Å². The molecule has 2 heterocycles. The molecule has 2 aromatic rings. The molecule has 0 radical (unpaired) electrons. The lowest BCUT2D eigenvalue weighted by Crippen LogP contribution is -2.60. The molecule has 44 heavy (non-hydrogen) atoms. The summed E-state index contributed by atoms with van der Waals surface area (Å²) in [4.78, 5) is 15.7. The van der Waals surface area contributed by atoms with Crippen molar-refractivity contribution >= 4 is 11.7 Å². The lowest BCUT2D eigenvalue weighted by Gasteiger charge is -2.56. The smallest absolute Gasteiger partial charge is 0.319 e. The van der Waals surface area contributed by atoms with Gasteiger partial charge in [0.05, 0.1) is 25.4 Å². The summed E-state index contributed by atoms with van der Waals surface area (Å²) in [6.45, 7) is 4.84. The number of hydrogen-bond acceptors (Lipinski definition) is 6. The fourth-order valence-corrected chi connectivity index (χ4v) is 9.47. The van der Waals surface area contributed by atoms with Gasteiger partial charge in [0.15, 0.2) is 6.29 Å². The Labute approximate surface area is 261 Å². The minimum atomic E-state index is -0.530. The Hall–Kier alpha value is -2.49. The molecular weight excluding hydrogens is 554 g/mol. The Morgan fingerprint density at radius 2 is 1.64 bits per heavy atom. The summed E-state index contributed by atoms with van der Waals surface area (Å²) in [5, 5.41) is 16.1. The SMILES string of the molecule is COC[C@@H]1CCCN1C[C@H]1O[C@@H](c2ccc(NC(=O)NC34CC5CC(CC(C5)C3)C4)cc2)O[C@@H](c2ccc(CO)cc2)[C@H]1C. The van der Waals surface area contributed by atoms with Gasteiger partial charge in [0.25, 0.3) is 0 Å². The number of amides is 2. The molecule has 4 bridgehead atoms. The second-order valence-corrected chi connectivity index (χ2v) is 14.5. The maximum atomic E-state index is 13.1. The second kappa shape index (κ2) is 12.7. The zero-order chi connectivity index (χ0) is 30.3. The zero-order valence-electron chi connectivity index (χ0n) is 26.3. The van der Waals surface area contributed by atoms with E-state index in [0.717, 1.165) is 85.5 Å². The molecule has 2 amide bonds. The molecule has 4 saturated carbocycles. The Morgan fingerprint density at radius 3 is 2.27 bits per heavy atom. The highest BCUT2D eigenvalue weighted by Gasteiger charge is 2.51. The van der Waals surface area contributed by atoms with Crippen LogP contribution in [0.5, 0.6) is 0 Å². The molecule has 6 fully saturated rings. The van der Waals surface area contributed by atoms with E-state index in [9.17, 15) is 9.90 Å². The van der Waals surface area contributed by atoms with E-state index < -0.39 is 6.29 Å². The largest absolute Gasteiger partial charge is 0.392 e. The van der Waals surface area contributed by atoms with Crippen molar-refractivity contribution in [3.63, 3.8) is 0 Å². The van der Waals surface area contributed by atoms with Crippen LogP contribution >= 0.6 is 0 Å². The maximum absolute atomic E-state index is 13.1. The number of nitrogens with zero attached hydrogens (tertiary/aromatic N) is 1. The molecule has 6 aliphatic rings. The first-order valence-corrected chi connectivity index (χ1v) is 16.8. The van der Waals surface area contributed by atoms with Gasteiger partial charge >= 0.3 is 6.03 Å². The average molecular weight is 604 g/mol. The van der Waals surface area contributed by atoms with Crippen LogP contribution in [0.25, 0.3) is 0 Å². The molecule has 238 valence electrons. The molecule has 0 unspecified atom stereocenters. The summed E-state index contributed by atoms with van der Waals surface area (Å²) >= 11 is 0. The molecule has 0 spiro atoms. The third-order valence-electron chi connectivity index (χ3n) is 11.3. The fourth-order valence-electron chi connectivity index (χ4n) is 9.47. The van der Waals surface area contributed by atoms with Crippen LogP contribution in [0.15, 0.2) is 48.5 Å². The van der Waals surface area contributed by atoms with E-state index in [0.29, 0.717) is 6.04 Å². The average Bonchev–Trinajstić information content (AvgIpc) is 3.44. The highest BCUT2D eigenvalue weighted by atomic mass is 16.7. The number of anilines is 1. The third-order valence-corrected chi connectivity index (χ3v) is 11.3. The van der Waals surface area contributed by atoms with Crippen LogP contribution in [0.3, 0.4) is 0 Å². The molecule has 5 atom stereocenters. The van der Waals surface area contributed by atoms with Gasteiger partial charge in [0, 0.05) is 42.4 Å². The Bertz CT molecular complexity index is 1250. The first-order valence-electron chi connectivity index (χ1n) is 16.8. The summed E-state index contributed by atoms with van der Waals surface area (Å²) in [5.41, 5.74) is 3.66. The lowest BCUT2D eigenvalue weighted by atomic mass is 9.53. The lowest BCUT2D eigenvalue weighted by molar-refractivity contribution is -0.276. The van der Waals surface area contributed by atoms with Crippen LogP contribution < -0.4 is 10.6 Å². The highest BCUT2D eigenvalue weighted by Crippen LogP contribution is 2.55. The number of carbonyl (C=O) groups is 1.